The molecule has 0 spiro atoms. The van der Waals surface area contributed by atoms with Crippen LogP contribution in [0.2, 0.25) is 0 Å². The minimum absolute atomic E-state index is 0.0689. The van der Waals surface area contributed by atoms with E-state index in [9.17, 15) is 9.59 Å². The maximum atomic E-state index is 13.7. The molecule has 7 heteroatoms. The number of methoxy groups -OCH3 is 1. The van der Waals surface area contributed by atoms with E-state index in [1.807, 2.05) is 59.3 Å². The van der Waals surface area contributed by atoms with Gasteiger partial charge in [-0.25, -0.2) is 0 Å². The fourth-order valence-corrected chi connectivity index (χ4v) is 5.93. The van der Waals surface area contributed by atoms with Gasteiger partial charge in [-0.15, -0.1) is 22.7 Å². The zero-order chi connectivity index (χ0) is 23.0. The third-order valence-electron chi connectivity index (χ3n) is 6.08. The largest absolute Gasteiger partial charge is 0.496 e. The van der Waals surface area contributed by atoms with Gasteiger partial charge < -0.3 is 15.0 Å². The molecule has 3 aromatic rings. The summed E-state index contributed by atoms with van der Waals surface area (Å²) in [5.41, 5.74) is 0.881. The number of carbonyl (C=O) groups excluding carboxylic acids is 2. The lowest BCUT2D eigenvalue weighted by atomic mass is 9.95. The van der Waals surface area contributed by atoms with Crippen LogP contribution in [-0.2, 0) is 22.6 Å². The van der Waals surface area contributed by atoms with Crippen molar-refractivity contribution >= 4 is 34.5 Å². The van der Waals surface area contributed by atoms with Crippen molar-refractivity contribution in [1.29, 1.82) is 0 Å². The van der Waals surface area contributed by atoms with Crippen molar-refractivity contribution in [2.45, 2.75) is 57.2 Å². The molecule has 0 saturated heterocycles. The third-order valence-corrected chi connectivity index (χ3v) is 7.88. The minimum atomic E-state index is -0.677. The maximum Gasteiger partial charge on any atom is 0.248 e. The van der Waals surface area contributed by atoms with Gasteiger partial charge in [0.15, 0.2) is 0 Å². The number of hydrogen-bond donors (Lipinski definition) is 1. The number of para-hydroxylation sites is 1. The smallest absolute Gasteiger partial charge is 0.248 e. The number of nitrogens with one attached hydrogen (secondary N) is 1. The van der Waals surface area contributed by atoms with E-state index in [1.54, 1.807) is 23.3 Å². The highest BCUT2D eigenvalue weighted by Crippen LogP contribution is 2.31. The van der Waals surface area contributed by atoms with Crippen LogP contribution in [0.1, 0.15) is 53.5 Å². The molecule has 174 valence electrons. The second-order valence-corrected chi connectivity index (χ2v) is 10.4. The first-order valence-electron chi connectivity index (χ1n) is 11.4. The Morgan fingerprint density at radius 2 is 1.79 bits per heavy atom. The van der Waals surface area contributed by atoms with Gasteiger partial charge in [0.1, 0.15) is 11.8 Å². The van der Waals surface area contributed by atoms with Crippen LogP contribution in [-0.4, -0.2) is 29.9 Å². The summed E-state index contributed by atoms with van der Waals surface area (Å²) in [6, 6.07) is 15.0. The molecule has 4 rings (SSSR count). The van der Waals surface area contributed by atoms with Crippen molar-refractivity contribution < 1.29 is 14.3 Å². The van der Waals surface area contributed by atoms with Crippen molar-refractivity contribution in [3.8, 4) is 5.75 Å². The average molecular weight is 483 g/mol. The summed E-state index contributed by atoms with van der Waals surface area (Å²) in [5.74, 6) is 0.545. The summed E-state index contributed by atoms with van der Waals surface area (Å²) in [4.78, 5) is 30.9. The standard InChI is InChI=1S/C26H30N2O3S2/c1-31-22-13-6-5-9-19(22)18-28(24(29)17-21-12-7-15-32-21)25(23-14-8-16-33-23)26(30)27-20-10-3-2-4-11-20/h5-9,12-16,20,25H,2-4,10-11,17-18H2,1H3,(H,27,30). The molecule has 1 saturated carbocycles. The number of thiophene rings is 2. The Bertz CT molecular complexity index is 1030. The van der Waals surface area contributed by atoms with Crippen molar-refractivity contribution in [3.63, 3.8) is 0 Å². The number of rotatable bonds is 9. The van der Waals surface area contributed by atoms with Gasteiger partial charge in [0.25, 0.3) is 0 Å². The molecular formula is C26H30N2O3S2. The predicted molar refractivity (Wildman–Crippen MR) is 134 cm³/mol. The summed E-state index contributed by atoms with van der Waals surface area (Å²) in [7, 11) is 1.63. The molecule has 2 heterocycles. The fraction of sp³-hybridized carbons (Fsp3) is 0.385. The highest BCUT2D eigenvalue weighted by Gasteiger charge is 2.34. The third kappa shape index (κ3) is 6.03. The molecule has 5 nitrogen and oxygen atoms in total. The summed E-state index contributed by atoms with van der Waals surface area (Å²) >= 11 is 3.07. The summed E-state index contributed by atoms with van der Waals surface area (Å²) in [6.07, 6.45) is 5.76. The van der Waals surface area contributed by atoms with E-state index < -0.39 is 6.04 Å². The number of amides is 2. The zero-order valence-corrected chi connectivity index (χ0v) is 20.5. The number of carbonyl (C=O) groups is 2. The van der Waals surface area contributed by atoms with Crippen LogP contribution >= 0.6 is 22.7 Å². The van der Waals surface area contributed by atoms with Gasteiger partial charge in [0.05, 0.1) is 20.1 Å². The van der Waals surface area contributed by atoms with Crippen LogP contribution in [0.4, 0.5) is 0 Å². The minimum Gasteiger partial charge on any atom is -0.496 e. The first-order valence-corrected chi connectivity index (χ1v) is 13.2. The van der Waals surface area contributed by atoms with Crippen LogP contribution in [0.25, 0.3) is 0 Å². The van der Waals surface area contributed by atoms with Gasteiger partial charge in [-0.2, -0.15) is 0 Å². The van der Waals surface area contributed by atoms with E-state index in [0.29, 0.717) is 12.3 Å². The van der Waals surface area contributed by atoms with E-state index >= 15 is 0 Å². The Kier molecular flexibility index (Phi) is 8.18. The van der Waals surface area contributed by atoms with Crippen LogP contribution < -0.4 is 10.1 Å². The molecule has 1 atom stereocenters. The molecule has 2 amide bonds. The van der Waals surface area contributed by atoms with E-state index in [-0.39, 0.29) is 24.3 Å². The van der Waals surface area contributed by atoms with E-state index in [2.05, 4.69) is 5.32 Å². The van der Waals surface area contributed by atoms with Gasteiger partial charge in [-0.1, -0.05) is 49.6 Å². The molecule has 0 radical (unpaired) electrons. The quantitative estimate of drug-likeness (QED) is 0.433. The molecule has 1 aliphatic carbocycles. The summed E-state index contributed by atoms with van der Waals surface area (Å²) in [5, 5.41) is 7.19. The molecule has 2 aromatic heterocycles. The molecular weight excluding hydrogens is 452 g/mol. The van der Waals surface area contributed by atoms with Gasteiger partial charge in [-0.05, 0) is 41.8 Å². The molecule has 0 bridgehead atoms. The maximum absolute atomic E-state index is 13.7. The monoisotopic (exact) mass is 482 g/mol. The SMILES string of the molecule is COc1ccccc1CN(C(=O)Cc1cccs1)C(C(=O)NC1CCCCC1)c1cccs1. The number of nitrogens with zero attached hydrogens (tertiary/aromatic N) is 1. The molecule has 0 aliphatic heterocycles. The summed E-state index contributed by atoms with van der Waals surface area (Å²) < 4.78 is 5.55. The van der Waals surface area contributed by atoms with Gasteiger partial charge in [-0.3, -0.25) is 9.59 Å². The second kappa shape index (κ2) is 11.5. The normalized spacial score (nSPS) is 15.1. The first kappa shape index (κ1) is 23.5. The lowest BCUT2D eigenvalue weighted by Gasteiger charge is -2.33. The Labute approximate surface area is 203 Å². The average Bonchev–Trinajstić information content (AvgIpc) is 3.54. The Morgan fingerprint density at radius 1 is 1.03 bits per heavy atom. The molecule has 33 heavy (non-hydrogen) atoms. The van der Waals surface area contributed by atoms with E-state index in [4.69, 9.17) is 4.74 Å². The van der Waals surface area contributed by atoms with Crippen molar-refractivity contribution in [1.82, 2.24) is 10.2 Å². The highest BCUT2D eigenvalue weighted by atomic mass is 32.1. The Hall–Kier alpha value is -2.64. The van der Waals surface area contributed by atoms with Gasteiger partial charge >= 0.3 is 0 Å². The highest BCUT2D eigenvalue weighted by molar-refractivity contribution is 7.10. The second-order valence-electron chi connectivity index (χ2n) is 8.35. The van der Waals surface area contributed by atoms with Crippen LogP contribution in [0, 0.1) is 0 Å². The lowest BCUT2D eigenvalue weighted by Crippen LogP contribution is -2.47. The lowest BCUT2D eigenvalue weighted by molar-refractivity contribution is -0.141. The van der Waals surface area contributed by atoms with Crippen LogP contribution in [0.5, 0.6) is 5.75 Å². The summed E-state index contributed by atoms with van der Waals surface area (Å²) in [6.45, 7) is 0.300. The topological polar surface area (TPSA) is 58.6 Å². The Balaban J connectivity index is 1.66. The molecule has 1 unspecified atom stereocenters. The fourth-order valence-electron chi connectivity index (χ4n) is 4.40. The molecule has 1 N–H and O–H groups in total. The first-order chi connectivity index (χ1) is 16.2. The number of ether oxygens (including phenoxy) is 1. The van der Waals surface area contributed by atoms with Crippen molar-refractivity contribution in [2.24, 2.45) is 0 Å². The zero-order valence-electron chi connectivity index (χ0n) is 18.9. The van der Waals surface area contributed by atoms with Crippen molar-refractivity contribution in [2.75, 3.05) is 7.11 Å². The Morgan fingerprint density at radius 3 is 2.48 bits per heavy atom. The molecule has 1 fully saturated rings. The van der Waals surface area contributed by atoms with Gasteiger partial charge in [0, 0.05) is 21.4 Å². The van der Waals surface area contributed by atoms with Gasteiger partial charge in [0.2, 0.25) is 11.8 Å². The molecule has 1 aliphatic rings. The number of benzene rings is 1. The van der Waals surface area contributed by atoms with E-state index in [1.165, 1.54) is 17.8 Å². The predicted octanol–water partition coefficient (Wildman–Crippen LogP) is 5.58. The van der Waals surface area contributed by atoms with E-state index in [0.717, 1.165) is 41.0 Å². The van der Waals surface area contributed by atoms with Crippen molar-refractivity contribution in [3.05, 3.63) is 74.6 Å². The molecule has 1 aromatic carbocycles. The van der Waals surface area contributed by atoms with Crippen LogP contribution in [0.15, 0.2) is 59.3 Å². The van der Waals surface area contributed by atoms with Crippen LogP contribution in [0.3, 0.4) is 0 Å². The number of hydrogen-bond acceptors (Lipinski definition) is 5.